The molecule has 1 aromatic carbocycles. The summed E-state index contributed by atoms with van der Waals surface area (Å²) < 4.78 is 0. The van der Waals surface area contributed by atoms with E-state index in [1.165, 1.54) is 0 Å². The first kappa shape index (κ1) is 14.3. The molecule has 1 amide bonds. The highest BCUT2D eigenvalue weighted by Crippen LogP contribution is 2.04. The fraction of sp³-hybridized carbons (Fsp3) is 0.400. The predicted octanol–water partition coefficient (Wildman–Crippen LogP) is 1.80. The van der Waals surface area contributed by atoms with Crippen molar-refractivity contribution in [3.05, 3.63) is 35.4 Å². The predicted molar refractivity (Wildman–Crippen MR) is 73.7 cm³/mol. The fourth-order valence-electron chi connectivity index (χ4n) is 1.54. The van der Waals surface area contributed by atoms with E-state index >= 15 is 0 Å². The number of benzene rings is 1. The Morgan fingerprint density at radius 3 is 3.00 bits per heavy atom. The summed E-state index contributed by atoms with van der Waals surface area (Å²) in [4.78, 5) is 11.5. The van der Waals surface area contributed by atoms with Gasteiger partial charge in [-0.25, -0.2) is 0 Å². The molecule has 0 atom stereocenters. The maximum absolute atomic E-state index is 11.5. The third-order valence-corrected chi connectivity index (χ3v) is 2.51. The molecular weight excluding hydrogens is 224 g/mol. The van der Waals surface area contributed by atoms with E-state index < -0.39 is 0 Å². The number of nitrogens with one attached hydrogen (secondary N) is 1. The van der Waals surface area contributed by atoms with Crippen molar-refractivity contribution in [2.24, 2.45) is 5.73 Å². The lowest BCUT2D eigenvalue weighted by Gasteiger charge is -2.05. The molecule has 3 nitrogen and oxygen atoms in total. The van der Waals surface area contributed by atoms with E-state index in [0.29, 0.717) is 19.5 Å². The zero-order valence-corrected chi connectivity index (χ0v) is 10.8. The Morgan fingerprint density at radius 2 is 2.28 bits per heavy atom. The lowest BCUT2D eigenvalue weighted by Crippen LogP contribution is -2.22. The summed E-state index contributed by atoms with van der Waals surface area (Å²) in [5.74, 6) is 5.90. The van der Waals surface area contributed by atoms with Crippen molar-refractivity contribution in [3.8, 4) is 11.8 Å². The Labute approximate surface area is 109 Å². The number of rotatable bonds is 5. The zero-order valence-electron chi connectivity index (χ0n) is 10.8. The maximum atomic E-state index is 11.5. The van der Waals surface area contributed by atoms with E-state index in [-0.39, 0.29) is 5.91 Å². The molecule has 0 aliphatic carbocycles. The van der Waals surface area contributed by atoms with Gasteiger partial charge in [-0.3, -0.25) is 4.79 Å². The van der Waals surface area contributed by atoms with Gasteiger partial charge in [0.25, 0.3) is 0 Å². The van der Waals surface area contributed by atoms with Crippen LogP contribution in [0.5, 0.6) is 0 Å². The van der Waals surface area contributed by atoms with Crippen molar-refractivity contribution in [2.75, 3.05) is 6.54 Å². The van der Waals surface area contributed by atoms with E-state index in [0.717, 1.165) is 24.0 Å². The molecule has 0 bridgehead atoms. The molecule has 0 fully saturated rings. The third-order valence-electron chi connectivity index (χ3n) is 2.51. The van der Waals surface area contributed by atoms with Crippen molar-refractivity contribution in [1.29, 1.82) is 0 Å². The van der Waals surface area contributed by atoms with Crippen molar-refractivity contribution in [2.45, 2.75) is 32.7 Å². The van der Waals surface area contributed by atoms with Gasteiger partial charge in [0.2, 0.25) is 5.91 Å². The van der Waals surface area contributed by atoms with Crippen LogP contribution < -0.4 is 11.1 Å². The molecule has 0 saturated carbocycles. The van der Waals surface area contributed by atoms with Crippen molar-refractivity contribution in [3.63, 3.8) is 0 Å². The van der Waals surface area contributed by atoms with Gasteiger partial charge in [-0.05, 0) is 24.1 Å². The molecule has 3 N–H and O–H groups in total. The summed E-state index contributed by atoms with van der Waals surface area (Å²) in [5.41, 5.74) is 7.32. The molecule has 0 saturated heterocycles. The number of nitrogens with two attached hydrogens (primary N) is 1. The molecule has 0 unspecified atom stereocenters. The summed E-state index contributed by atoms with van der Waals surface area (Å²) in [6, 6.07) is 7.83. The van der Waals surface area contributed by atoms with Gasteiger partial charge in [0.15, 0.2) is 0 Å². The van der Waals surface area contributed by atoms with Crippen molar-refractivity contribution in [1.82, 2.24) is 5.32 Å². The Morgan fingerprint density at radius 1 is 1.44 bits per heavy atom. The largest absolute Gasteiger partial charge is 0.352 e. The molecule has 0 aliphatic rings. The number of hydrogen-bond acceptors (Lipinski definition) is 2. The van der Waals surface area contributed by atoms with Crippen LogP contribution in [-0.2, 0) is 11.3 Å². The van der Waals surface area contributed by atoms with Gasteiger partial charge in [-0.2, -0.15) is 0 Å². The molecule has 0 heterocycles. The van der Waals surface area contributed by atoms with Crippen molar-refractivity contribution >= 4 is 5.91 Å². The van der Waals surface area contributed by atoms with Crippen LogP contribution >= 0.6 is 0 Å². The van der Waals surface area contributed by atoms with Gasteiger partial charge < -0.3 is 11.1 Å². The minimum atomic E-state index is 0.107. The topological polar surface area (TPSA) is 55.1 Å². The monoisotopic (exact) mass is 244 g/mol. The Kier molecular flexibility index (Phi) is 6.60. The fourth-order valence-corrected chi connectivity index (χ4v) is 1.54. The molecule has 18 heavy (non-hydrogen) atoms. The minimum absolute atomic E-state index is 0.107. The second-order valence-corrected chi connectivity index (χ2v) is 4.09. The van der Waals surface area contributed by atoms with Crippen LogP contribution in [0.25, 0.3) is 0 Å². The molecule has 0 aromatic heterocycles. The van der Waals surface area contributed by atoms with E-state index in [1.54, 1.807) is 0 Å². The highest BCUT2D eigenvalue weighted by molar-refractivity contribution is 5.75. The van der Waals surface area contributed by atoms with Gasteiger partial charge in [0.05, 0.1) is 6.54 Å². The average Bonchev–Trinajstić information content (AvgIpc) is 2.41. The molecule has 96 valence electrons. The van der Waals surface area contributed by atoms with Gasteiger partial charge in [-0.1, -0.05) is 37.3 Å². The molecule has 0 radical (unpaired) electrons. The van der Waals surface area contributed by atoms with Gasteiger partial charge in [0.1, 0.15) is 0 Å². The third kappa shape index (κ3) is 5.51. The van der Waals surface area contributed by atoms with Crippen LogP contribution in [0.15, 0.2) is 24.3 Å². The van der Waals surface area contributed by atoms with Crippen LogP contribution in [0, 0.1) is 11.8 Å². The number of carbonyl (C=O) groups excluding carboxylic acids is 1. The quantitative estimate of drug-likeness (QED) is 0.776. The highest BCUT2D eigenvalue weighted by atomic mass is 16.1. The van der Waals surface area contributed by atoms with Crippen LogP contribution in [0.2, 0.25) is 0 Å². The molecule has 0 spiro atoms. The van der Waals surface area contributed by atoms with Crippen LogP contribution in [0.4, 0.5) is 0 Å². The first-order chi connectivity index (χ1) is 8.76. The first-order valence-corrected chi connectivity index (χ1v) is 6.31. The summed E-state index contributed by atoms with van der Waals surface area (Å²) in [6.45, 7) is 2.99. The minimum Gasteiger partial charge on any atom is -0.352 e. The van der Waals surface area contributed by atoms with Crippen molar-refractivity contribution < 1.29 is 4.79 Å². The van der Waals surface area contributed by atoms with Crippen LogP contribution in [0.3, 0.4) is 0 Å². The average molecular weight is 244 g/mol. The molecular formula is C15H20N2O. The SMILES string of the molecule is CCCCC(=O)NCc1cccc(C#CCN)c1. The lowest BCUT2D eigenvalue weighted by atomic mass is 10.1. The second-order valence-electron chi connectivity index (χ2n) is 4.09. The number of hydrogen-bond donors (Lipinski definition) is 2. The summed E-state index contributed by atoms with van der Waals surface area (Å²) in [6.07, 6.45) is 2.58. The Hall–Kier alpha value is -1.79. The number of carbonyl (C=O) groups is 1. The van der Waals surface area contributed by atoms with E-state index in [2.05, 4.69) is 24.1 Å². The zero-order chi connectivity index (χ0) is 13.2. The Bertz CT molecular complexity index is 443. The van der Waals surface area contributed by atoms with Gasteiger partial charge in [0, 0.05) is 18.5 Å². The molecule has 1 rings (SSSR count). The van der Waals surface area contributed by atoms with Crippen LogP contribution in [0.1, 0.15) is 37.3 Å². The Balaban J connectivity index is 2.49. The normalized spacial score (nSPS) is 9.44. The standard InChI is InChI=1S/C15H20N2O/c1-2-3-9-15(18)17-12-14-7-4-6-13(11-14)8-5-10-16/h4,6-7,11H,2-3,9-10,12,16H2,1H3,(H,17,18). The second kappa shape index (κ2) is 8.32. The number of amides is 1. The maximum Gasteiger partial charge on any atom is 0.220 e. The van der Waals surface area contributed by atoms with E-state index in [9.17, 15) is 4.79 Å². The van der Waals surface area contributed by atoms with Crippen LogP contribution in [-0.4, -0.2) is 12.5 Å². The van der Waals surface area contributed by atoms with E-state index in [4.69, 9.17) is 5.73 Å². The molecule has 3 heteroatoms. The summed E-state index contributed by atoms with van der Waals surface area (Å²) in [7, 11) is 0. The first-order valence-electron chi connectivity index (χ1n) is 6.31. The molecule has 0 aliphatic heterocycles. The highest BCUT2D eigenvalue weighted by Gasteiger charge is 2.00. The summed E-state index contributed by atoms with van der Waals surface area (Å²) in [5, 5.41) is 2.91. The van der Waals surface area contributed by atoms with Gasteiger partial charge >= 0.3 is 0 Å². The molecule has 1 aromatic rings. The lowest BCUT2D eigenvalue weighted by molar-refractivity contribution is -0.121. The smallest absolute Gasteiger partial charge is 0.220 e. The van der Waals surface area contributed by atoms with Gasteiger partial charge in [-0.15, -0.1) is 0 Å². The summed E-state index contributed by atoms with van der Waals surface area (Å²) >= 11 is 0. The number of unbranched alkanes of at least 4 members (excludes halogenated alkanes) is 1. The van der Waals surface area contributed by atoms with E-state index in [1.807, 2.05) is 24.3 Å².